The van der Waals surface area contributed by atoms with Crippen LogP contribution in [0.4, 0.5) is 20.1 Å². The van der Waals surface area contributed by atoms with Crippen LogP contribution in [0, 0.1) is 17.8 Å². The first-order valence-electron chi connectivity index (χ1n) is 30.2. The van der Waals surface area contributed by atoms with E-state index in [0.29, 0.717) is 49.9 Å². The first-order valence-corrected chi connectivity index (χ1v) is 30.2. The monoisotopic (exact) mass is 1210 g/mol. The van der Waals surface area contributed by atoms with E-state index in [9.17, 15) is 53.4 Å². The zero-order chi connectivity index (χ0) is 64.1. The summed E-state index contributed by atoms with van der Waals surface area (Å²) in [5.41, 5.74) is 6.48. The van der Waals surface area contributed by atoms with Crippen molar-refractivity contribution in [2.45, 2.75) is 207 Å². The predicted molar refractivity (Wildman–Crippen MR) is 323 cm³/mol. The minimum Gasteiger partial charge on any atom is -0.481 e. The fourth-order valence-electron chi connectivity index (χ4n) is 10.5. The van der Waals surface area contributed by atoms with Gasteiger partial charge in [0.1, 0.15) is 30.9 Å². The number of aliphatic hydroxyl groups excluding tert-OH is 1. The number of anilines is 1. The summed E-state index contributed by atoms with van der Waals surface area (Å²) in [5, 5.41) is 33.3. The Hall–Kier alpha value is -6.89. The highest BCUT2D eigenvalue weighted by atomic mass is 16.6. The number of nitrogens with zero attached hydrogens (tertiary/aromatic N) is 2. The zero-order valence-electron chi connectivity index (χ0n) is 52.4. The SMILES string of the molecule is CCCCCN(CCNC(=O)OCc1ccc(NC(=O)[C@H](CCCNC(N)=O)NC(=O)[C@@H](NC(=O)CCCCCN2C(=O)C=CC2=O)C(C)C)cc1)C(=O)O[C@@H]1C[C@H](CC(=O)O)O[C@H](/C(C)=C/C=C/[C@@H](C)CC(C)(C)O[C@H](C)[C@@H](OC)[C@@H](C)O)[C@H]1C. The van der Waals surface area contributed by atoms with E-state index in [-0.39, 0.29) is 106 Å². The van der Waals surface area contributed by atoms with Gasteiger partial charge in [0.2, 0.25) is 17.7 Å². The van der Waals surface area contributed by atoms with Crippen molar-refractivity contribution in [3.8, 4) is 0 Å². The Bertz CT molecular complexity index is 2450. The van der Waals surface area contributed by atoms with Crippen LogP contribution in [0.25, 0.3) is 0 Å². The Morgan fingerprint density at radius 3 is 2.20 bits per heavy atom. The van der Waals surface area contributed by atoms with Crippen molar-refractivity contribution >= 4 is 59.4 Å². The molecular weight excluding hydrogens is 1110 g/mol. The van der Waals surface area contributed by atoms with Crippen LogP contribution in [-0.4, -0.2) is 168 Å². The summed E-state index contributed by atoms with van der Waals surface area (Å²) >= 11 is 0. The van der Waals surface area contributed by atoms with Crippen LogP contribution < -0.4 is 32.3 Å². The molecule has 0 saturated carbocycles. The van der Waals surface area contributed by atoms with Gasteiger partial charge in [0.25, 0.3) is 11.8 Å². The van der Waals surface area contributed by atoms with Crippen molar-refractivity contribution in [1.29, 1.82) is 0 Å². The predicted octanol–water partition coefficient (Wildman–Crippen LogP) is 6.78. The molecule has 24 heteroatoms. The van der Waals surface area contributed by atoms with Gasteiger partial charge in [-0.05, 0) is 108 Å². The number of benzene rings is 1. The second-order valence-electron chi connectivity index (χ2n) is 23.4. The molecule has 0 spiro atoms. The van der Waals surface area contributed by atoms with Crippen LogP contribution >= 0.6 is 0 Å². The molecule has 0 bridgehead atoms. The summed E-state index contributed by atoms with van der Waals surface area (Å²) < 4.78 is 29.7. The van der Waals surface area contributed by atoms with Crippen molar-refractivity contribution < 1.29 is 77.0 Å². The fourth-order valence-corrected chi connectivity index (χ4v) is 10.5. The number of allylic oxidation sites excluding steroid dienone is 3. The molecule has 2 aliphatic rings. The number of hydrogen-bond acceptors (Lipinski definition) is 15. The number of carbonyl (C=O) groups is 9. The number of ether oxygens (including phenoxy) is 5. The molecule has 2 heterocycles. The third-order valence-corrected chi connectivity index (χ3v) is 14.9. The number of nitrogens with one attached hydrogen (secondary N) is 5. The number of urea groups is 1. The van der Waals surface area contributed by atoms with Gasteiger partial charge < -0.3 is 71.1 Å². The molecule has 86 heavy (non-hydrogen) atoms. The number of primary amides is 1. The highest BCUT2D eigenvalue weighted by molar-refractivity contribution is 6.12. The number of carboxylic acid groups (broad SMARTS) is 1. The topological polar surface area (TPSA) is 333 Å². The summed E-state index contributed by atoms with van der Waals surface area (Å²) in [6, 6.07) is 3.66. The van der Waals surface area contributed by atoms with Crippen LogP contribution in [0.3, 0.4) is 0 Å². The zero-order valence-corrected chi connectivity index (χ0v) is 52.4. The maximum Gasteiger partial charge on any atom is 0.410 e. The average Bonchev–Trinajstić information content (AvgIpc) is 3.93. The number of hydrogen-bond donors (Lipinski definition) is 8. The molecule has 0 radical (unpaired) electrons. The van der Waals surface area contributed by atoms with Crippen LogP contribution in [-0.2, 0) is 59.1 Å². The van der Waals surface area contributed by atoms with Gasteiger partial charge in [-0.25, -0.2) is 14.4 Å². The van der Waals surface area contributed by atoms with E-state index in [1.807, 2.05) is 53.7 Å². The quantitative estimate of drug-likeness (QED) is 0.0192. The molecular formula is C62H98N8O16. The van der Waals surface area contributed by atoms with Crippen LogP contribution in [0.15, 0.2) is 60.2 Å². The third-order valence-electron chi connectivity index (χ3n) is 14.9. The number of unbranched alkanes of at least 4 members (excludes halogenated alkanes) is 4. The van der Waals surface area contributed by atoms with Gasteiger partial charge in [-0.3, -0.25) is 33.7 Å². The van der Waals surface area contributed by atoms with Gasteiger partial charge in [-0.15, -0.1) is 0 Å². The molecule has 1 aromatic carbocycles. The first-order chi connectivity index (χ1) is 40.6. The Morgan fingerprint density at radius 2 is 1.58 bits per heavy atom. The highest BCUT2D eigenvalue weighted by Crippen LogP contribution is 2.34. The minimum absolute atomic E-state index is 0.0385. The smallest absolute Gasteiger partial charge is 0.410 e. The molecule has 2 aliphatic heterocycles. The van der Waals surface area contributed by atoms with E-state index >= 15 is 0 Å². The summed E-state index contributed by atoms with van der Waals surface area (Å²) in [6.07, 6.45) is 8.61. The number of aliphatic hydroxyl groups is 1. The van der Waals surface area contributed by atoms with E-state index in [1.165, 1.54) is 17.1 Å². The summed E-state index contributed by atoms with van der Waals surface area (Å²) in [4.78, 5) is 117. The number of nitrogens with two attached hydrogens (primary N) is 1. The molecule has 9 amide bonds. The minimum atomic E-state index is -1.08. The Labute approximate surface area is 507 Å². The molecule has 482 valence electrons. The van der Waals surface area contributed by atoms with Crippen molar-refractivity contribution in [3.05, 3.63) is 65.8 Å². The first kappa shape index (κ1) is 73.4. The molecule has 0 aliphatic carbocycles. The largest absolute Gasteiger partial charge is 0.481 e. The lowest BCUT2D eigenvalue weighted by Crippen LogP contribution is -2.54. The van der Waals surface area contributed by atoms with Gasteiger partial charge in [0, 0.05) is 76.4 Å². The number of rotatable bonds is 38. The number of imide groups is 1. The number of amides is 9. The summed E-state index contributed by atoms with van der Waals surface area (Å²) in [7, 11) is 1.55. The molecule has 0 unspecified atom stereocenters. The van der Waals surface area contributed by atoms with E-state index < -0.39 is 84.2 Å². The molecule has 9 N–H and O–H groups in total. The standard InChI is InChI=1S/C62H98N8O16/c1-12-13-16-32-69(61(81)85-49-35-47(36-53(75)76)84-55(42(49)6)41(5)21-18-20-40(4)37-62(9,10)86-44(8)56(82-11)43(7)71)34-31-65-60(80)83-38-45-24-26-46(27-25-45)66-57(77)48(22-19-30-64-59(63)79)67-58(78)54(39(2)3)68-50(72)23-15-14-17-33-70-51(73)28-29-52(70)74/h18,20-21,24-29,39-40,42-44,47-49,54-56,71H,12-17,19,22-23,30-38H2,1-11H3,(H,65,80)(H,66,77)(H,67,78)(H,68,72)(H,75,76)(H3,63,64,79)/b20-18+,41-21+/t40-,42+,43-,44-,47-,48+,49-,54+,55-,56+/m1/s1. The van der Waals surface area contributed by atoms with Gasteiger partial charge in [-0.1, -0.05) is 84.2 Å². The van der Waals surface area contributed by atoms with Crippen LogP contribution in [0.1, 0.15) is 152 Å². The second kappa shape index (κ2) is 37.6. The van der Waals surface area contributed by atoms with E-state index in [0.717, 1.165) is 23.3 Å². The van der Waals surface area contributed by atoms with Crippen LogP contribution in [0.5, 0.6) is 0 Å². The number of methoxy groups -OCH3 is 1. The number of alkyl carbamates (subject to hydrolysis) is 1. The number of aliphatic carboxylic acids is 1. The maximum atomic E-state index is 13.9. The molecule has 1 saturated heterocycles. The van der Waals surface area contributed by atoms with E-state index in [1.54, 1.807) is 52.1 Å². The Morgan fingerprint density at radius 1 is 0.895 bits per heavy atom. The van der Waals surface area contributed by atoms with Gasteiger partial charge >= 0.3 is 24.2 Å². The van der Waals surface area contributed by atoms with Crippen molar-refractivity contribution in [1.82, 2.24) is 31.1 Å². The number of carbonyl (C=O) groups excluding carboxylic acids is 8. The molecule has 10 atom stereocenters. The Kier molecular flexibility index (Phi) is 32.1. The average molecular weight is 1210 g/mol. The molecule has 1 aromatic rings. The summed E-state index contributed by atoms with van der Waals surface area (Å²) in [5.74, 6) is -3.89. The summed E-state index contributed by atoms with van der Waals surface area (Å²) in [6.45, 7) is 19.7. The van der Waals surface area contributed by atoms with Crippen molar-refractivity contribution in [2.75, 3.05) is 45.2 Å². The fraction of sp³-hybridized carbons (Fsp3) is 0.661. The maximum absolute atomic E-state index is 13.9. The van der Waals surface area contributed by atoms with Gasteiger partial charge in [0.05, 0.1) is 36.4 Å². The normalized spacial score (nSPS) is 19.3. The van der Waals surface area contributed by atoms with E-state index in [2.05, 4.69) is 39.6 Å². The van der Waals surface area contributed by atoms with Crippen LogP contribution in [0.2, 0.25) is 0 Å². The lowest BCUT2D eigenvalue weighted by Gasteiger charge is -2.41. The van der Waals surface area contributed by atoms with E-state index in [4.69, 9.17) is 29.4 Å². The van der Waals surface area contributed by atoms with Crippen molar-refractivity contribution in [3.63, 3.8) is 0 Å². The van der Waals surface area contributed by atoms with Gasteiger partial charge in [0.15, 0.2) is 0 Å². The van der Waals surface area contributed by atoms with Crippen molar-refractivity contribution in [2.24, 2.45) is 23.5 Å². The molecule has 1 fully saturated rings. The van der Waals surface area contributed by atoms with Gasteiger partial charge in [-0.2, -0.15) is 0 Å². The molecule has 24 nitrogen and oxygen atoms in total. The molecule has 0 aromatic heterocycles. The third kappa shape index (κ3) is 26.8. The number of carboxylic acids is 1. The molecule has 3 rings (SSSR count). The highest BCUT2D eigenvalue weighted by Gasteiger charge is 2.41. The lowest BCUT2D eigenvalue weighted by molar-refractivity contribution is -0.151. The Balaban J connectivity index is 1.58. The lowest BCUT2D eigenvalue weighted by atomic mass is 9.85. The second-order valence-corrected chi connectivity index (χ2v) is 23.4.